The van der Waals surface area contributed by atoms with Crippen LogP contribution in [-0.4, -0.2) is 23.4 Å². The van der Waals surface area contributed by atoms with Gasteiger partial charge in [-0.25, -0.2) is 0 Å². The topological polar surface area (TPSA) is 68.3 Å². The molecule has 1 aromatic heterocycles. The fourth-order valence-electron chi connectivity index (χ4n) is 3.18. The van der Waals surface area contributed by atoms with Crippen molar-refractivity contribution >= 4 is 22.3 Å². The van der Waals surface area contributed by atoms with E-state index in [1.807, 2.05) is 78.9 Å². The number of azo groups is 1. The lowest BCUT2D eigenvalue weighted by Crippen LogP contribution is -2.08. The second kappa shape index (κ2) is 8.48. The quantitative estimate of drug-likeness (QED) is 0.404. The zero-order valence-corrected chi connectivity index (χ0v) is 16.0. The molecule has 0 aliphatic heterocycles. The molecule has 4 aromatic rings. The number of fused-ring (bicyclic) bond motifs is 1. The van der Waals surface area contributed by atoms with Gasteiger partial charge in [0.1, 0.15) is 6.61 Å². The zero-order chi connectivity index (χ0) is 20.1. The molecule has 1 N–H and O–H groups in total. The molecule has 4 rings (SSSR count). The molecule has 0 fully saturated rings. The molecular weight excluding hydrogens is 366 g/mol. The summed E-state index contributed by atoms with van der Waals surface area (Å²) in [6.45, 7) is 0.813. The maximum absolute atomic E-state index is 10.8. The van der Waals surface area contributed by atoms with E-state index >= 15 is 0 Å². The number of para-hydroxylation sites is 3. The van der Waals surface area contributed by atoms with E-state index in [4.69, 9.17) is 9.47 Å². The number of benzene rings is 3. The highest BCUT2D eigenvalue weighted by Crippen LogP contribution is 2.39. The number of rotatable bonds is 7. The molecule has 3 aromatic carbocycles. The largest absolute Gasteiger partial charge is 0.493 e. The molecule has 0 unspecified atom stereocenters. The summed E-state index contributed by atoms with van der Waals surface area (Å²) in [5.41, 5.74) is 2.04. The Kier molecular flexibility index (Phi) is 5.42. The Labute approximate surface area is 168 Å². The van der Waals surface area contributed by atoms with Gasteiger partial charge in [0.05, 0.1) is 24.9 Å². The second-order valence-electron chi connectivity index (χ2n) is 6.38. The summed E-state index contributed by atoms with van der Waals surface area (Å²) >= 11 is 0. The first-order chi connectivity index (χ1) is 14.3. The minimum absolute atomic E-state index is 0.0644. The number of aromatic nitrogens is 1. The lowest BCUT2D eigenvalue weighted by molar-refractivity contribution is 0.274. The monoisotopic (exact) mass is 387 g/mol. The van der Waals surface area contributed by atoms with Gasteiger partial charge >= 0.3 is 0 Å². The molecule has 6 nitrogen and oxygen atoms in total. The van der Waals surface area contributed by atoms with Crippen LogP contribution in [0.1, 0.15) is 0 Å². The Hall–Kier alpha value is -3.80. The van der Waals surface area contributed by atoms with Gasteiger partial charge in [0.2, 0.25) is 5.88 Å². The number of hydrogen-bond donors (Lipinski definition) is 1. The summed E-state index contributed by atoms with van der Waals surface area (Å²) < 4.78 is 13.0. The fourth-order valence-corrected chi connectivity index (χ4v) is 3.18. The lowest BCUT2D eigenvalue weighted by atomic mass is 10.2. The Bertz CT molecular complexity index is 1140. The zero-order valence-electron chi connectivity index (χ0n) is 16.0. The van der Waals surface area contributed by atoms with Crippen molar-refractivity contribution in [3.05, 3.63) is 78.9 Å². The summed E-state index contributed by atoms with van der Waals surface area (Å²) in [7, 11) is 1.61. The second-order valence-corrected chi connectivity index (χ2v) is 6.38. The van der Waals surface area contributed by atoms with Gasteiger partial charge in [0, 0.05) is 5.39 Å². The molecule has 0 radical (unpaired) electrons. The molecular formula is C23H21N3O3. The Balaban J connectivity index is 1.60. The normalized spacial score (nSPS) is 11.2. The standard InChI is InChI=1S/C23H21N3O3/c1-28-20-13-7-8-14-21(20)29-16-15-26-19-12-6-5-11-18(19)22(23(26)27)25-24-17-9-3-2-4-10-17/h2-14,27H,15-16H2,1H3. The molecule has 29 heavy (non-hydrogen) atoms. The van der Waals surface area contributed by atoms with Crippen molar-refractivity contribution in [1.29, 1.82) is 0 Å². The number of hydrogen-bond acceptors (Lipinski definition) is 5. The highest BCUT2D eigenvalue weighted by molar-refractivity contribution is 5.95. The van der Waals surface area contributed by atoms with Gasteiger partial charge < -0.3 is 19.1 Å². The molecule has 1 heterocycles. The van der Waals surface area contributed by atoms with E-state index in [1.54, 1.807) is 11.7 Å². The predicted octanol–water partition coefficient (Wildman–Crippen LogP) is 5.85. The van der Waals surface area contributed by atoms with E-state index in [0.29, 0.717) is 30.3 Å². The van der Waals surface area contributed by atoms with Gasteiger partial charge in [-0.1, -0.05) is 48.5 Å². The first-order valence-corrected chi connectivity index (χ1v) is 9.30. The van der Waals surface area contributed by atoms with E-state index < -0.39 is 0 Å². The van der Waals surface area contributed by atoms with Gasteiger partial charge in [0.15, 0.2) is 17.2 Å². The van der Waals surface area contributed by atoms with Gasteiger partial charge in [-0.3, -0.25) is 0 Å². The minimum Gasteiger partial charge on any atom is -0.493 e. The third kappa shape index (κ3) is 3.91. The molecule has 0 spiro atoms. The number of nitrogens with zero attached hydrogens (tertiary/aromatic N) is 3. The summed E-state index contributed by atoms with van der Waals surface area (Å²) in [5.74, 6) is 1.40. The molecule has 0 aliphatic rings. The molecule has 0 saturated carbocycles. The van der Waals surface area contributed by atoms with Crippen LogP contribution in [0.2, 0.25) is 0 Å². The summed E-state index contributed by atoms with van der Waals surface area (Å²) in [5, 5.41) is 20.2. The SMILES string of the molecule is COc1ccccc1OCCn1c(O)c(N=Nc2ccccc2)c2ccccc21. The Morgan fingerprint density at radius 1 is 0.828 bits per heavy atom. The summed E-state index contributed by atoms with van der Waals surface area (Å²) in [6.07, 6.45) is 0. The molecule has 0 aliphatic carbocycles. The average molecular weight is 387 g/mol. The maximum Gasteiger partial charge on any atom is 0.220 e. The van der Waals surface area contributed by atoms with E-state index in [2.05, 4.69) is 10.2 Å². The van der Waals surface area contributed by atoms with Crippen LogP contribution in [0.3, 0.4) is 0 Å². The van der Waals surface area contributed by atoms with Crippen LogP contribution in [0.5, 0.6) is 17.4 Å². The Morgan fingerprint density at radius 2 is 1.52 bits per heavy atom. The van der Waals surface area contributed by atoms with Gasteiger partial charge in [-0.15, -0.1) is 5.11 Å². The van der Waals surface area contributed by atoms with Crippen molar-refractivity contribution in [2.45, 2.75) is 6.54 Å². The number of aromatic hydroxyl groups is 1. The molecule has 0 atom stereocenters. The smallest absolute Gasteiger partial charge is 0.220 e. The van der Waals surface area contributed by atoms with Crippen LogP contribution >= 0.6 is 0 Å². The van der Waals surface area contributed by atoms with Crippen molar-refractivity contribution in [2.75, 3.05) is 13.7 Å². The van der Waals surface area contributed by atoms with Crippen LogP contribution in [-0.2, 0) is 6.54 Å². The van der Waals surface area contributed by atoms with Crippen molar-refractivity contribution in [1.82, 2.24) is 4.57 Å². The third-order valence-corrected chi connectivity index (χ3v) is 4.58. The molecule has 0 bridgehead atoms. The van der Waals surface area contributed by atoms with Crippen molar-refractivity contribution < 1.29 is 14.6 Å². The van der Waals surface area contributed by atoms with E-state index in [9.17, 15) is 5.11 Å². The van der Waals surface area contributed by atoms with Crippen molar-refractivity contribution in [3.63, 3.8) is 0 Å². The molecule has 0 amide bonds. The summed E-state index contributed by atoms with van der Waals surface area (Å²) in [6, 6.07) is 24.6. The number of methoxy groups -OCH3 is 1. The van der Waals surface area contributed by atoms with E-state index in [1.165, 1.54) is 0 Å². The summed E-state index contributed by atoms with van der Waals surface area (Å²) in [4.78, 5) is 0. The van der Waals surface area contributed by atoms with Crippen LogP contribution in [0.25, 0.3) is 10.9 Å². The van der Waals surface area contributed by atoms with Crippen LogP contribution in [0, 0.1) is 0 Å². The fraction of sp³-hybridized carbons (Fsp3) is 0.130. The average Bonchev–Trinajstić information content (AvgIpc) is 3.04. The van der Waals surface area contributed by atoms with Crippen LogP contribution in [0.4, 0.5) is 11.4 Å². The van der Waals surface area contributed by atoms with Crippen molar-refractivity contribution in [3.8, 4) is 17.4 Å². The predicted molar refractivity (Wildman–Crippen MR) is 113 cm³/mol. The molecule has 0 saturated heterocycles. The van der Waals surface area contributed by atoms with Gasteiger partial charge in [-0.2, -0.15) is 5.11 Å². The molecule has 146 valence electrons. The van der Waals surface area contributed by atoms with E-state index in [0.717, 1.165) is 16.6 Å². The maximum atomic E-state index is 10.8. The molecule has 6 heteroatoms. The Morgan fingerprint density at radius 3 is 2.31 bits per heavy atom. The first-order valence-electron chi connectivity index (χ1n) is 9.30. The minimum atomic E-state index is 0.0644. The number of ether oxygens (including phenoxy) is 2. The first kappa shape index (κ1) is 18.6. The van der Waals surface area contributed by atoms with Gasteiger partial charge in [0.25, 0.3) is 0 Å². The van der Waals surface area contributed by atoms with Gasteiger partial charge in [-0.05, 0) is 30.3 Å². The van der Waals surface area contributed by atoms with Crippen molar-refractivity contribution in [2.24, 2.45) is 10.2 Å². The van der Waals surface area contributed by atoms with Crippen LogP contribution in [0.15, 0.2) is 89.1 Å². The third-order valence-electron chi connectivity index (χ3n) is 4.58. The highest BCUT2D eigenvalue weighted by atomic mass is 16.5. The highest BCUT2D eigenvalue weighted by Gasteiger charge is 2.16. The van der Waals surface area contributed by atoms with Crippen LogP contribution < -0.4 is 9.47 Å². The lowest BCUT2D eigenvalue weighted by Gasteiger charge is -2.11. The van der Waals surface area contributed by atoms with E-state index in [-0.39, 0.29) is 5.88 Å².